The van der Waals surface area contributed by atoms with Crippen LogP contribution in [0.5, 0.6) is 0 Å². The highest BCUT2D eigenvalue weighted by Crippen LogP contribution is 2.23. The number of amides is 1. The van der Waals surface area contributed by atoms with Crippen molar-refractivity contribution in [3.05, 3.63) is 29.8 Å². The number of anilines is 1. The summed E-state index contributed by atoms with van der Waals surface area (Å²) in [4.78, 5) is 12.3. The Labute approximate surface area is 126 Å². The van der Waals surface area contributed by atoms with E-state index >= 15 is 0 Å². The van der Waals surface area contributed by atoms with Crippen molar-refractivity contribution in [2.24, 2.45) is 5.92 Å². The Morgan fingerprint density at radius 2 is 1.65 bits per heavy atom. The zero-order valence-electron chi connectivity index (χ0n) is 12.0. The normalized spacial score (nSPS) is 17.2. The molecular weight excluding hydrogens is 270 g/mol. The summed E-state index contributed by atoms with van der Waals surface area (Å²) >= 11 is 5.72. The number of hydrogen-bond donors (Lipinski definition) is 1. The number of nitrogens with one attached hydrogen (secondary N) is 1. The van der Waals surface area contributed by atoms with E-state index in [0.717, 1.165) is 24.9 Å². The first-order valence-corrected chi connectivity index (χ1v) is 8.29. The van der Waals surface area contributed by atoms with E-state index in [2.05, 4.69) is 5.32 Å². The highest BCUT2D eigenvalue weighted by Gasteiger charge is 2.19. The summed E-state index contributed by atoms with van der Waals surface area (Å²) in [5.74, 6) is 1.02. The molecule has 1 saturated carbocycles. The summed E-state index contributed by atoms with van der Waals surface area (Å²) in [6.45, 7) is 0. The second kappa shape index (κ2) is 8.31. The summed E-state index contributed by atoms with van der Waals surface area (Å²) in [5.41, 5.74) is 2.11. The lowest BCUT2D eigenvalue weighted by Gasteiger charge is -2.19. The average molecular weight is 294 g/mol. The quantitative estimate of drug-likeness (QED) is 0.796. The number of hydrogen-bond acceptors (Lipinski definition) is 1. The molecule has 1 aliphatic rings. The molecule has 0 heterocycles. The Kier molecular flexibility index (Phi) is 6.38. The van der Waals surface area contributed by atoms with Crippen molar-refractivity contribution >= 4 is 23.2 Å². The second-order valence-electron chi connectivity index (χ2n) is 5.67. The van der Waals surface area contributed by atoms with Crippen molar-refractivity contribution in [1.82, 2.24) is 0 Å². The van der Waals surface area contributed by atoms with Gasteiger partial charge in [-0.3, -0.25) is 4.79 Å². The summed E-state index contributed by atoms with van der Waals surface area (Å²) < 4.78 is 0. The van der Waals surface area contributed by atoms with E-state index in [-0.39, 0.29) is 11.8 Å². The van der Waals surface area contributed by atoms with Crippen LogP contribution < -0.4 is 5.32 Å². The second-order valence-corrected chi connectivity index (χ2v) is 6.05. The monoisotopic (exact) mass is 293 g/mol. The molecule has 110 valence electrons. The van der Waals surface area contributed by atoms with Gasteiger partial charge in [-0.15, -0.1) is 11.6 Å². The molecule has 0 spiro atoms. The van der Waals surface area contributed by atoms with E-state index in [9.17, 15) is 4.79 Å². The Morgan fingerprint density at radius 1 is 1.05 bits per heavy atom. The van der Waals surface area contributed by atoms with E-state index in [4.69, 9.17) is 11.6 Å². The predicted octanol–water partition coefficient (Wildman–Crippen LogP) is 4.77. The Hall–Kier alpha value is -1.02. The molecule has 0 unspecified atom stereocenters. The van der Waals surface area contributed by atoms with Crippen LogP contribution in [0.15, 0.2) is 24.3 Å². The van der Waals surface area contributed by atoms with E-state index in [1.807, 2.05) is 24.3 Å². The Morgan fingerprint density at radius 3 is 2.25 bits per heavy atom. The molecule has 1 aromatic rings. The smallest absolute Gasteiger partial charge is 0.227 e. The maximum Gasteiger partial charge on any atom is 0.227 e. The van der Waals surface area contributed by atoms with Crippen LogP contribution in [-0.4, -0.2) is 11.8 Å². The molecular formula is C17H24ClNO. The van der Waals surface area contributed by atoms with Gasteiger partial charge in [0.25, 0.3) is 0 Å². The molecule has 3 heteroatoms. The van der Waals surface area contributed by atoms with Crippen molar-refractivity contribution in [1.29, 1.82) is 0 Å². The van der Waals surface area contributed by atoms with Crippen LogP contribution >= 0.6 is 11.6 Å². The third-order valence-corrected chi connectivity index (χ3v) is 4.27. The average Bonchev–Trinajstić information content (AvgIpc) is 2.41. The third kappa shape index (κ3) is 4.82. The van der Waals surface area contributed by atoms with Gasteiger partial charge in [-0.25, -0.2) is 0 Å². The molecule has 1 N–H and O–H groups in total. The van der Waals surface area contributed by atoms with E-state index in [1.165, 1.54) is 37.7 Å². The molecule has 0 saturated heterocycles. The molecule has 0 bridgehead atoms. The van der Waals surface area contributed by atoms with Crippen LogP contribution in [-0.2, 0) is 11.2 Å². The van der Waals surface area contributed by atoms with Crippen molar-refractivity contribution in [2.75, 3.05) is 11.2 Å². The molecule has 20 heavy (non-hydrogen) atoms. The number of carbonyl (C=O) groups excluding carboxylic acids is 1. The third-order valence-electron chi connectivity index (χ3n) is 4.08. The molecule has 0 atom stereocenters. The Bertz CT molecular complexity index is 408. The van der Waals surface area contributed by atoms with Gasteiger partial charge in [-0.2, -0.15) is 0 Å². The summed E-state index contributed by atoms with van der Waals surface area (Å²) in [5, 5.41) is 3.06. The van der Waals surface area contributed by atoms with Gasteiger partial charge in [0, 0.05) is 17.5 Å². The molecule has 0 aromatic heterocycles. The van der Waals surface area contributed by atoms with Crippen LogP contribution in [0, 0.1) is 5.92 Å². The zero-order valence-corrected chi connectivity index (χ0v) is 12.8. The fourth-order valence-electron chi connectivity index (χ4n) is 2.83. The maximum absolute atomic E-state index is 12.3. The summed E-state index contributed by atoms with van der Waals surface area (Å²) in [6, 6.07) is 8.03. The van der Waals surface area contributed by atoms with E-state index in [0.29, 0.717) is 5.88 Å². The van der Waals surface area contributed by atoms with Gasteiger partial charge < -0.3 is 5.32 Å². The fourth-order valence-corrected chi connectivity index (χ4v) is 3.04. The topological polar surface area (TPSA) is 29.1 Å². The van der Waals surface area contributed by atoms with Crippen LogP contribution in [0.4, 0.5) is 5.69 Å². The lowest BCUT2D eigenvalue weighted by molar-refractivity contribution is -0.120. The highest BCUT2D eigenvalue weighted by atomic mass is 35.5. The standard InChI is InChI=1S/C17H24ClNO/c18-13-12-14-8-10-16(11-9-14)19-17(20)15-6-4-2-1-3-5-7-15/h8-11,15H,1-7,12-13H2,(H,19,20). The summed E-state index contributed by atoms with van der Waals surface area (Å²) in [7, 11) is 0. The van der Waals surface area contributed by atoms with Crippen molar-refractivity contribution in [2.45, 2.75) is 51.4 Å². The molecule has 1 aromatic carbocycles. The first kappa shape index (κ1) is 15.4. The number of halogens is 1. The molecule has 2 rings (SSSR count). The van der Waals surface area contributed by atoms with Crippen LogP contribution in [0.25, 0.3) is 0 Å². The molecule has 1 amide bonds. The molecule has 1 fully saturated rings. The lowest BCUT2D eigenvalue weighted by atomic mass is 9.90. The van der Waals surface area contributed by atoms with Gasteiger partial charge in [-0.05, 0) is 37.0 Å². The molecule has 2 nitrogen and oxygen atoms in total. The van der Waals surface area contributed by atoms with Gasteiger partial charge >= 0.3 is 0 Å². The molecule has 1 aliphatic carbocycles. The maximum atomic E-state index is 12.3. The van der Waals surface area contributed by atoms with Crippen LogP contribution in [0.2, 0.25) is 0 Å². The van der Waals surface area contributed by atoms with Crippen LogP contribution in [0.3, 0.4) is 0 Å². The Balaban J connectivity index is 1.88. The minimum absolute atomic E-state index is 0.192. The van der Waals surface area contributed by atoms with Gasteiger partial charge in [0.15, 0.2) is 0 Å². The molecule has 0 aliphatic heterocycles. The number of benzene rings is 1. The fraction of sp³-hybridized carbons (Fsp3) is 0.588. The first-order chi connectivity index (χ1) is 9.79. The van der Waals surface area contributed by atoms with Crippen molar-refractivity contribution in [3.8, 4) is 0 Å². The highest BCUT2D eigenvalue weighted by molar-refractivity contribution is 6.17. The first-order valence-electron chi connectivity index (χ1n) is 7.75. The van der Waals surface area contributed by atoms with Gasteiger partial charge in [-0.1, -0.05) is 44.2 Å². The number of rotatable bonds is 4. The van der Waals surface area contributed by atoms with Crippen molar-refractivity contribution in [3.63, 3.8) is 0 Å². The number of carbonyl (C=O) groups is 1. The minimum Gasteiger partial charge on any atom is -0.326 e. The van der Waals surface area contributed by atoms with Crippen LogP contribution in [0.1, 0.15) is 50.5 Å². The van der Waals surface area contributed by atoms with Gasteiger partial charge in [0.1, 0.15) is 0 Å². The number of alkyl halides is 1. The van der Waals surface area contributed by atoms with E-state index < -0.39 is 0 Å². The SMILES string of the molecule is O=C(Nc1ccc(CCCl)cc1)C1CCCCCCC1. The minimum atomic E-state index is 0.192. The largest absolute Gasteiger partial charge is 0.326 e. The van der Waals surface area contributed by atoms with E-state index in [1.54, 1.807) is 0 Å². The van der Waals surface area contributed by atoms with Gasteiger partial charge in [0.05, 0.1) is 0 Å². The summed E-state index contributed by atoms with van der Waals surface area (Å²) in [6.07, 6.45) is 9.20. The lowest BCUT2D eigenvalue weighted by Crippen LogP contribution is -2.23. The zero-order chi connectivity index (χ0) is 14.2. The van der Waals surface area contributed by atoms with Crippen molar-refractivity contribution < 1.29 is 4.79 Å². The number of aryl methyl sites for hydroxylation is 1. The predicted molar refractivity (Wildman–Crippen MR) is 85.3 cm³/mol. The molecule has 0 radical (unpaired) electrons. The van der Waals surface area contributed by atoms with Gasteiger partial charge in [0.2, 0.25) is 5.91 Å².